The Labute approximate surface area is 118 Å². The summed E-state index contributed by atoms with van der Waals surface area (Å²) in [4.78, 5) is 11.8. The maximum Gasteiger partial charge on any atom is 0.408 e. The number of aryl methyl sites for hydroxylation is 2. The molecule has 6 nitrogen and oxygen atoms in total. The van der Waals surface area contributed by atoms with Gasteiger partial charge in [-0.1, -0.05) is 0 Å². The maximum absolute atomic E-state index is 12.2. The Morgan fingerprint density at radius 2 is 2.10 bits per heavy atom. The number of carbonyl (C=O) groups excluding carboxylic acids is 1. The topological polar surface area (TPSA) is 64.7 Å². The van der Waals surface area contributed by atoms with Crippen molar-refractivity contribution in [2.45, 2.75) is 33.1 Å². The highest BCUT2D eigenvalue weighted by Crippen LogP contribution is 2.18. The molecule has 0 aliphatic carbocycles. The molecule has 0 aromatic carbocycles. The Balaban J connectivity index is 1.95. The van der Waals surface area contributed by atoms with Gasteiger partial charge in [-0.15, -0.1) is 0 Å². The fraction of sp³-hybridized carbons (Fsp3) is 0.417. The lowest BCUT2D eigenvalue weighted by molar-refractivity contribution is -0.142. The van der Waals surface area contributed by atoms with Crippen LogP contribution >= 0.6 is 0 Å². The number of aromatic nitrogens is 4. The van der Waals surface area contributed by atoms with E-state index < -0.39 is 12.7 Å². The summed E-state index contributed by atoms with van der Waals surface area (Å²) < 4.78 is 38.8. The first-order valence-corrected chi connectivity index (χ1v) is 6.13. The zero-order chi connectivity index (χ0) is 15.6. The monoisotopic (exact) mass is 301 g/mol. The Morgan fingerprint density at radius 3 is 2.67 bits per heavy atom. The zero-order valence-electron chi connectivity index (χ0n) is 11.5. The van der Waals surface area contributed by atoms with Crippen LogP contribution in [0.25, 0.3) is 0 Å². The van der Waals surface area contributed by atoms with Crippen LogP contribution in [0.4, 0.5) is 18.9 Å². The molecule has 0 atom stereocenters. The predicted octanol–water partition coefficient (Wildman–Crippen LogP) is 1.90. The van der Waals surface area contributed by atoms with E-state index in [1.54, 1.807) is 0 Å². The first kappa shape index (κ1) is 15.1. The van der Waals surface area contributed by atoms with Crippen molar-refractivity contribution < 1.29 is 18.0 Å². The summed E-state index contributed by atoms with van der Waals surface area (Å²) in [5.74, 6) is -0.382. The van der Waals surface area contributed by atoms with E-state index in [4.69, 9.17) is 0 Å². The second kappa shape index (κ2) is 5.58. The summed E-state index contributed by atoms with van der Waals surface area (Å²) in [5.41, 5.74) is 1.83. The van der Waals surface area contributed by atoms with E-state index in [9.17, 15) is 18.0 Å². The van der Waals surface area contributed by atoms with Crippen molar-refractivity contribution >= 4 is 11.6 Å². The third-order valence-electron chi connectivity index (χ3n) is 2.66. The zero-order valence-corrected chi connectivity index (χ0v) is 11.5. The molecule has 0 saturated heterocycles. The lowest BCUT2D eigenvalue weighted by atomic mass is 10.4. The number of hydrogen-bond acceptors (Lipinski definition) is 3. The number of hydrogen-bond donors (Lipinski definition) is 1. The van der Waals surface area contributed by atoms with Crippen LogP contribution in [0.1, 0.15) is 11.4 Å². The summed E-state index contributed by atoms with van der Waals surface area (Å²) in [7, 11) is 0. The van der Waals surface area contributed by atoms with Gasteiger partial charge >= 0.3 is 6.18 Å². The van der Waals surface area contributed by atoms with Crippen molar-refractivity contribution in [1.82, 2.24) is 19.6 Å². The van der Waals surface area contributed by atoms with E-state index in [0.717, 1.165) is 22.3 Å². The highest BCUT2D eigenvalue weighted by atomic mass is 19.4. The number of anilines is 1. The number of amides is 1. The lowest BCUT2D eigenvalue weighted by Crippen LogP contribution is -2.20. The summed E-state index contributed by atoms with van der Waals surface area (Å²) in [6, 6.07) is 1.83. The van der Waals surface area contributed by atoms with Crippen LogP contribution in [0.2, 0.25) is 0 Å². The average molecular weight is 301 g/mol. The average Bonchev–Trinajstić information content (AvgIpc) is 2.84. The maximum atomic E-state index is 12.2. The van der Waals surface area contributed by atoms with Crippen LogP contribution in [0.5, 0.6) is 0 Å². The molecule has 114 valence electrons. The molecular weight excluding hydrogens is 287 g/mol. The smallest absolute Gasteiger partial charge is 0.322 e. The molecule has 1 amide bonds. The van der Waals surface area contributed by atoms with E-state index in [1.807, 2.05) is 19.9 Å². The van der Waals surface area contributed by atoms with Crippen LogP contribution in [0.3, 0.4) is 0 Å². The van der Waals surface area contributed by atoms with E-state index in [-0.39, 0.29) is 18.1 Å². The molecule has 2 aromatic rings. The molecule has 0 aliphatic heterocycles. The number of nitrogens with one attached hydrogen (secondary N) is 1. The molecule has 0 radical (unpaired) electrons. The van der Waals surface area contributed by atoms with E-state index in [0.29, 0.717) is 0 Å². The van der Waals surface area contributed by atoms with Crippen molar-refractivity contribution in [2.75, 3.05) is 5.32 Å². The molecule has 9 heteroatoms. The fourth-order valence-electron chi connectivity index (χ4n) is 1.87. The Bertz CT molecular complexity index is 644. The molecule has 0 fully saturated rings. The normalized spacial score (nSPS) is 11.7. The van der Waals surface area contributed by atoms with Gasteiger partial charge in [0.05, 0.1) is 17.6 Å². The Hall–Kier alpha value is -2.32. The van der Waals surface area contributed by atoms with Gasteiger partial charge in [0.2, 0.25) is 5.91 Å². The number of halogens is 3. The highest BCUT2D eigenvalue weighted by molar-refractivity contribution is 5.90. The molecule has 0 aliphatic rings. The third-order valence-corrected chi connectivity index (χ3v) is 2.66. The quantitative estimate of drug-likeness (QED) is 0.938. The van der Waals surface area contributed by atoms with Gasteiger partial charge in [0.25, 0.3) is 0 Å². The van der Waals surface area contributed by atoms with Gasteiger partial charge in [-0.25, -0.2) is 0 Å². The van der Waals surface area contributed by atoms with Crippen molar-refractivity contribution in [3.63, 3.8) is 0 Å². The van der Waals surface area contributed by atoms with Crippen molar-refractivity contribution in [3.8, 4) is 0 Å². The summed E-state index contributed by atoms with van der Waals surface area (Å²) >= 11 is 0. The van der Waals surface area contributed by atoms with E-state index >= 15 is 0 Å². The minimum Gasteiger partial charge on any atom is -0.322 e. The molecule has 2 heterocycles. The van der Waals surface area contributed by atoms with Gasteiger partial charge < -0.3 is 5.32 Å². The van der Waals surface area contributed by atoms with Gasteiger partial charge in [0.15, 0.2) is 0 Å². The molecule has 21 heavy (non-hydrogen) atoms. The lowest BCUT2D eigenvalue weighted by Gasteiger charge is -2.06. The number of alkyl halides is 3. The number of nitrogens with zero attached hydrogens (tertiary/aromatic N) is 4. The van der Waals surface area contributed by atoms with E-state index in [2.05, 4.69) is 15.5 Å². The molecule has 1 N–H and O–H groups in total. The van der Waals surface area contributed by atoms with E-state index in [1.165, 1.54) is 10.9 Å². The van der Waals surface area contributed by atoms with Crippen molar-refractivity contribution in [2.24, 2.45) is 0 Å². The molecule has 0 saturated carbocycles. The summed E-state index contributed by atoms with van der Waals surface area (Å²) in [5, 5.41) is 10.2. The molecule has 0 unspecified atom stereocenters. The van der Waals surface area contributed by atoms with Crippen molar-refractivity contribution in [3.05, 3.63) is 29.8 Å². The number of carbonyl (C=O) groups is 1. The number of rotatable bonds is 4. The molecule has 0 spiro atoms. The third kappa shape index (κ3) is 4.33. The summed E-state index contributed by atoms with van der Waals surface area (Å²) in [6.45, 7) is 2.42. The van der Waals surface area contributed by atoms with Gasteiger partial charge in [-0.2, -0.15) is 23.4 Å². The predicted molar refractivity (Wildman–Crippen MR) is 68.6 cm³/mol. The van der Waals surface area contributed by atoms with Crippen LogP contribution in [0.15, 0.2) is 18.5 Å². The molecular formula is C12H14F3N5O. The molecule has 2 aromatic heterocycles. The second-order valence-electron chi connectivity index (χ2n) is 4.67. The standard InChI is InChI=1S/C12H14F3N5O/c1-8-3-9(2)20(18-8)6-11(21)17-10-4-16-19(5-10)7-12(13,14)15/h3-5H,6-7H2,1-2H3,(H,17,21). The van der Waals surface area contributed by atoms with Crippen LogP contribution in [0, 0.1) is 13.8 Å². The van der Waals surface area contributed by atoms with Crippen LogP contribution in [-0.4, -0.2) is 31.6 Å². The first-order chi connectivity index (χ1) is 9.73. The highest BCUT2D eigenvalue weighted by Gasteiger charge is 2.28. The largest absolute Gasteiger partial charge is 0.408 e. The van der Waals surface area contributed by atoms with Crippen LogP contribution in [-0.2, 0) is 17.9 Å². The Kier molecular flexibility index (Phi) is 4.01. The Morgan fingerprint density at radius 1 is 1.38 bits per heavy atom. The fourth-order valence-corrected chi connectivity index (χ4v) is 1.87. The second-order valence-corrected chi connectivity index (χ2v) is 4.67. The molecule has 0 bridgehead atoms. The SMILES string of the molecule is Cc1cc(C)n(CC(=O)Nc2cnn(CC(F)(F)F)c2)n1. The van der Waals surface area contributed by atoms with Crippen LogP contribution < -0.4 is 5.32 Å². The van der Waals surface area contributed by atoms with Gasteiger partial charge in [0.1, 0.15) is 13.1 Å². The van der Waals surface area contributed by atoms with Gasteiger partial charge in [-0.05, 0) is 19.9 Å². The van der Waals surface area contributed by atoms with Gasteiger partial charge in [0, 0.05) is 11.9 Å². The minimum absolute atomic E-state index is 0.00980. The summed E-state index contributed by atoms with van der Waals surface area (Å²) in [6.07, 6.45) is -2.05. The van der Waals surface area contributed by atoms with Crippen molar-refractivity contribution in [1.29, 1.82) is 0 Å². The minimum atomic E-state index is -4.35. The molecule has 2 rings (SSSR count). The first-order valence-electron chi connectivity index (χ1n) is 6.13. The van der Waals surface area contributed by atoms with Gasteiger partial charge in [-0.3, -0.25) is 14.2 Å².